The summed E-state index contributed by atoms with van der Waals surface area (Å²) in [5, 5.41) is 7.25. The van der Waals surface area contributed by atoms with E-state index in [-0.39, 0.29) is 18.4 Å². The molecule has 6 nitrogen and oxygen atoms in total. The molecule has 2 aromatic rings. The number of nitrogens with one attached hydrogen (secondary N) is 1. The molecule has 0 saturated carbocycles. The number of benzene rings is 1. The molecule has 1 aliphatic rings. The van der Waals surface area contributed by atoms with Crippen LogP contribution in [-0.2, 0) is 11.3 Å². The first-order valence-corrected chi connectivity index (χ1v) is 8.35. The third-order valence-corrected chi connectivity index (χ3v) is 4.31. The highest BCUT2D eigenvalue weighted by Gasteiger charge is 2.31. The van der Waals surface area contributed by atoms with Gasteiger partial charge in [0.15, 0.2) is 0 Å². The molecule has 1 aliphatic heterocycles. The second-order valence-electron chi connectivity index (χ2n) is 6.24. The summed E-state index contributed by atoms with van der Waals surface area (Å²) in [6.07, 6.45) is 0.781. The molecule has 1 N–H and O–H groups in total. The monoisotopic (exact) mass is 338 g/mol. The predicted octanol–water partition coefficient (Wildman–Crippen LogP) is 2.13. The molecule has 130 valence electrons. The van der Waals surface area contributed by atoms with E-state index in [4.69, 9.17) is 0 Å². The number of carbonyl (C=O) groups excluding carboxylic acids is 2. The number of fused-ring (bicyclic) bond motifs is 1. The largest absolute Gasteiger partial charge is 0.354 e. The van der Waals surface area contributed by atoms with Gasteiger partial charge in [-0.2, -0.15) is 5.10 Å². The zero-order valence-electron chi connectivity index (χ0n) is 14.6. The summed E-state index contributed by atoms with van der Waals surface area (Å²) in [5.74, 6) is -0.353. The molecule has 0 aliphatic carbocycles. The lowest BCUT2D eigenvalue weighted by atomic mass is 10.1. The Morgan fingerprint density at radius 1 is 1.24 bits per heavy atom. The number of aryl methyl sites for hydroxylation is 3. The number of amides is 2. The van der Waals surface area contributed by atoms with Crippen molar-refractivity contribution >= 4 is 17.5 Å². The minimum absolute atomic E-state index is 0.00769. The molecule has 25 heavy (non-hydrogen) atoms. The van der Waals surface area contributed by atoms with E-state index in [1.54, 1.807) is 6.07 Å². The first kappa shape index (κ1) is 17.0. The number of carbonyl (C=O) groups is 2. The molecule has 0 radical (unpaired) electrons. The minimum Gasteiger partial charge on any atom is -0.354 e. The van der Waals surface area contributed by atoms with Crippen LogP contribution in [0.5, 0.6) is 0 Å². The quantitative estimate of drug-likeness (QED) is 0.821. The van der Waals surface area contributed by atoms with Gasteiger partial charge in [-0.05, 0) is 32.4 Å². The highest BCUT2D eigenvalue weighted by Crippen LogP contribution is 2.30. The van der Waals surface area contributed by atoms with Crippen molar-refractivity contribution in [1.82, 2.24) is 20.0 Å². The average Bonchev–Trinajstić information content (AvgIpc) is 3.03. The first-order valence-electron chi connectivity index (χ1n) is 8.35. The Balaban J connectivity index is 1.48. The first-order chi connectivity index (χ1) is 12.0. The zero-order chi connectivity index (χ0) is 18.0. The fourth-order valence-electron chi connectivity index (χ4n) is 3.06. The summed E-state index contributed by atoms with van der Waals surface area (Å²) in [4.78, 5) is 26.0. The van der Waals surface area contributed by atoms with Crippen molar-refractivity contribution in [2.45, 2.75) is 26.8 Å². The number of aromatic nitrogens is 2. The van der Waals surface area contributed by atoms with Crippen molar-refractivity contribution in [2.24, 2.45) is 0 Å². The van der Waals surface area contributed by atoms with E-state index in [1.807, 2.05) is 42.8 Å². The molecule has 0 saturated heterocycles. The van der Waals surface area contributed by atoms with Gasteiger partial charge in [0.2, 0.25) is 5.91 Å². The van der Waals surface area contributed by atoms with E-state index in [0.29, 0.717) is 17.8 Å². The maximum atomic E-state index is 12.4. The van der Waals surface area contributed by atoms with Gasteiger partial charge in [0.05, 0.1) is 5.69 Å². The van der Waals surface area contributed by atoms with Gasteiger partial charge in [0, 0.05) is 35.6 Å². The van der Waals surface area contributed by atoms with Crippen molar-refractivity contribution in [3.63, 3.8) is 0 Å². The molecule has 2 amide bonds. The van der Waals surface area contributed by atoms with E-state index in [2.05, 4.69) is 17.0 Å². The van der Waals surface area contributed by atoms with Gasteiger partial charge in [-0.25, -0.2) is 0 Å². The number of hydrogen-bond donors (Lipinski definition) is 1. The number of nitrogens with zero attached hydrogens (tertiary/aromatic N) is 3. The van der Waals surface area contributed by atoms with Gasteiger partial charge < -0.3 is 5.32 Å². The normalized spacial score (nSPS) is 13.3. The van der Waals surface area contributed by atoms with Crippen molar-refractivity contribution in [3.05, 3.63) is 59.4 Å². The highest BCUT2D eigenvalue weighted by atomic mass is 16.2. The van der Waals surface area contributed by atoms with Crippen LogP contribution in [0.1, 0.15) is 33.7 Å². The molecule has 0 spiro atoms. The van der Waals surface area contributed by atoms with Crippen LogP contribution in [0.4, 0.5) is 0 Å². The van der Waals surface area contributed by atoms with Crippen LogP contribution in [-0.4, -0.2) is 39.6 Å². The van der Waals surface area contributed by atoms with Gasteiger partial charge in [-0.15, -0.1) is 0 Å². The Morgan fingerprint density at radius 2 is 1.96 bits per heavy atom. The average molecular weight is 338 g/mol. The molecule has 3 rings (SSSR count). The van der Waals surface area contributed by atoms with Gasteiger partial charge in [0.1, 0.15) is 6.54 Å². The molecule has 0 bridgehead atoms. The lowest BCUT2D eigenvalue weighted by Gasteiger charge is -2.17. The van der Waals surface area contributed by atoms with E-state index >= 15 is 0 Å². The summed E-state index contributed by atoms with van der Waals surface area (Å²) in [6.45, 7) is 9.20. The van der Waals surface area contributed by atoms with E-state index in [0.717, 1.165) is 29.9 Å². The lowest BCUT2D eigenvalue weighted by Crippen LogP contribution is -2.37. The standard InChI is InChI=1S/C19H22N4O2/c1-13-11-14(2)23(21-13)10-6-9-20-18(24)12-22-15(3)16-7-4-5-8-17(16)19(22)25/h4-5,7-8,11H,3,6,9-10,12H2,1-2H3,(H,20,24). The minimum atomic E-state index is -0.185. The molecule has 1 aromatic heterocycles. The topological polar surface area (TPSA) is 67.2 Å². The highest BCUT2D eigenvalue weighted by molar-refractivity contribution is 6.10. The van der Waals surface area contributed by atoms with Crippen LogP contribution in [0.2, 0.25) is 0 Å². The van der Waals surface area contributed by atoms with Crippen molar-refractivity contribution < 1.29 is 9.59 Å². The summed E-state index contributed by atoms with van der Waals surface area (Å²) in [6, 6.07) is 9.31. The van der Waals surface area contributed by atoms with Crippen LogP contribution in [0.15, 0.2) is 36.9 Å². The van der Waals surface area contributed by atoms with Gasteiger partial charge in [-0.3, -0.25) is 19.2 Å². The fraction of sp³-hybridized carbons (Fsp3) is 0.316. The molecular weight excluding hydrogens is 316 g/mol. The number of rotatable bonds is 6. The molecular formula is C19H22N4O2. The second-order valence-corrected chi connectivity index (χ2v) is 6.24. The third-order valence-electron chi connectivity index (χ3n) is 4.31. The van der Waals surface area contributed by atoms with E-state index in [9.17, 15) is 9.59 Å². The summed E-state index contributed by atoms with van der Waals surface area (Å²) in [7, 11) is 0. The summed E-state index contributed by atoms with van der Waals surface area (Å²) in [5.41, 5.74) is 4.08. The third kappa shape index (κ3) is 3.47. The van der Waals surface area contributed by atoms with Crippen LogP contribution in [0.25, 0.3) is 5.70 Å². The van der Waals surface area contributed by atoms with Crippen molar-refractivity contribution in [1.29, 1.82) is 0 Å². The smallest absolute Gasteiger partial charge is 0.259 e. The molecule has 6 heteroatoms. The van der Waals surface area contributed by atoms with Crippen LogP contribution >= 0.6 is 0 Å². The Morgan fingerprint density at radius 3 is 2.60 bits per heavy atom. The predicted molar refractivity (Wildman–Crippen MR) is 95.8 cm³/mol. The Hall–Kier alpha value is -2.89. The second kappa shape index (κ2) is 6.93. The maximum Gasteiger partial charge on any atom is 0.259 e. The Labute approximate surface area is 147 Å². The van der Waals surface area contributed by atoms with Gasteiger partial charge in [-0.1, -0.05) is 24.8 Å². The fourth-order valence-corrected chi connectivity index (χ4v) is 3.06. The molecule has 0 unspecified atom stereocenters. The van der Waals surface area contributed by atoms with Gasteiger partial charge in [0.25, 0.3) is 5.91 Å². The Kier molecular flexibility index (Phi) is 4.70. The van der Waals surface area contributed by atoms with Crippen molar-refractivity contribution in [3.8, 4) is 0 Å². The maximum absolute atomic E-state index is 12.4. The zero-order valence-corrected chi connectivity index (χ0v) is 14.6. The van der Waals surface area contributed by atoms with Crippen molar-refractivity contribution in [2.75, 3.05) is 13.1 Å². The lowest BCUT2D eigenvalue weighted by molar-refractivity contribution is -0.121. The molecule has 1 aromatic carbocycles. The Bertz CT molecular complexity index is 803. The number of hydrogen-bond acceptors (Lipinski definition) is 3. The molecule has 0 fully saturated rings. The molecule has 0 atom stereocenters. The van der Waals surface area contributed by atoms with Crippen LogP contribution in [0.3, 0.4) is 0 Å². The van der Waals surface area contributed by atoms with Crippen LogP contribution in [0, 0.1) is 13.8 Å². The summed E-state index contributed by atoms with van der Waals surface area (Å²) < 4.78 is 1.93. The van der Waals surface area contributed by atoms with Crippen LogP contribution < -0.4 is 5.32 Å². The van der Waals surface area contributed by atoms with E-state index in [1.165, 1.54) is 4.90 Å². The summed E-state index contributed by atoms with van der Waals surface area (Å²) >= 11 is 0. The SMILES string of the molecule is C=C1c2ccccc2C(=O)N1CC(=O)NCCCn1nc(C)cc1C. The van der Waals surface area contributed by atoms with E-state index < -0.39 is 0 Å². The van der Waals surface area contributed by atoms with Gasteiger partial charge >= 0.3 is 0 Å². The molecule has 2 heterocycles.